The molecule has 0 spiro atoms. The average Bonchev–Trinajstić information content (AvgIpc) is 3.24. The maximum absolute atomic E-state index is 12.5. The molecule has 2 aromatic rings. The van der Waals surface area contributed by atoms with Gasteiger partial charge >= 0.3 is 6.03 Å². The van der Waals surface area contributed by atoms with Crippen molar-refractivity contribution in [2.75, 3.05) is 19.7 Å². The van der Waals surface area contributed by atoms with Gasteiger partial charge in [-0.2, -0.15) is 4.98 Å². The van der Waals surface area contributed by atoms with E-state index in [2.05, 4.69) is 15.5 Å². The summed E-state index contributed by atoms with van der Waals surface area (Å²) in [5, 5.41) is 8.90. The van der Waals surface area contributed by atoms with Crippen LogP contribution < -0.4 is 5.32 Å². The number of aryl methyl sites for hydroxylation is 1. The number of nitrogens with one attached hydrogen (secondary N) is 1. The Hall–Kier alpha value is -1.93. The summed E-state index contributed by atoms with van der Waals surface area (Å²) < 4.78 is 10.8. The van der Waals surface area contributed by atoms with E-state index >= 15 is 0 Å². The third-order valence-electron chi connectivity index (χ3n) is 3.78. The molecule has 2 atom stereocenters. The summed E-state index contributed by atoms with van der Waals surface area (Å²) in [6.45, 7) is 5.38. The van der Waals surface area contributed by atoms with Gasteiger partial charge < -0.3 is 19.5 Å². The maximum Gasteiger partial charge on any atom is 0.318 e. The number of rotatable bonds is 4. The Balaban J connectivity index is 1.62. The van der Waals surface area contributed by atoms with Crippen LogP contribution in [0.4, 0.5) is 4.79 Å². The number of aromatic nitrogens is 2. The Morgan fingerprint density at radius 3 is 3.13 bits per heavy atom. The van der Waals surface area contributed by atoms with Crippen molar-refractivity contribution in [2.45, 2.75) is 32.4 Å². The highest BCUT2D eigenvalue weighted by Crippen LogP contribution is 2.26. The number of carbonyl (C=O) groups excluding carboxylic acids is 1. The lowest BCUT2D eigenvalue weighted by atomic mass is 10.2. The molecule has 0 aliphatic carbocycles. The average molecular weight is 336 g/mol. The summed E-state index contributed by atoms with van der Waals surface area (Å²) >= 11 is 1.65. The fourth-order valence-corrected chi connectivity index (χ4v) is 3.29. The summed E-state index contributed by atoms with van der Waals surface area (Å²) in [6.07, 6.45) is 0.644. The topological polar surface area (TPSA) is 80.5 Å². The predicted octanol–water partition coefficient (Wildman–Crippen LogP) is 2.67. The molecule has 1 N–H and O–H groups in total. The van der Waals surface area contributed by atoms with Crippen LogP contribution >= 0.6 is 11.3 Å². The van der Waals surface area contributed by atoms with Crippen molar-refractivity contribution in [3.8, 4) is 0 Å². The molecule has 2 aromatic heterocycles. The minimum absolute atomic E-state index is 0.0537. The van der Waals surface area contributed by atoms with Crippen molar-refractivity contribution >= 4 is 17.4 Å². The van der Waals surface area contributed by atoms with Gasteiger partial charge in [0, 0.05) is 18.3 Å². The Morgan fingerprint density at radius 2 is 2.48 bits per heavy atom. The largest absolute Gasteiger partial charge is 0.369 e. The van der Waals surface area contributed by atoms with Gasteiger partial charge in [-0.3, -0.25) is 0 Å². The van der Waals surface area contributed by atoms with E-state index in [4.69, 9.17) is 9.26 Å². The van der Waals surface area contributed by atoms with Crippen molar-refractivity contribution in [1.29, 1.82) is 0 Å². The number of thiophene rings is 1. The van der Waals surface area contributed by atoms with E-state index in [1.54, 1.807) is 23.2 Å². The number of nitrogens with zero attached hydrogens (tertiary/aromatic N) is 3. The molecule has 0 aromatic carbocycles. The van der Waals surface area contributed by atoms with Crippen LogP contribution in [-0.4, -0.2) is 40.8 Å². The van der Waals surface area contributed by atoms with E-state index in [9.17, 15) is 4.79 Å². The second-order valence-electron chi connectivity index (χ2n) is 5.40. The van der Waals surface area contributed by atoms with Gasteiger partial charge in [-0.1, -0.05) is 18.1 Å². The highest BCUT2D eigenvalue weighted by molar-refractivity contribution is 7.10. The van der Waals surface area contributed by atoms with Crippen LogP contribution in [0.3, 0.4) is 0 Å². The highest BCUT2D eigenvalue weighted by Gasteiger charge is 2.28. The summed E-state index contributed by atoms with van der Waals surface area (Å²) in [6, 6.07) is 3.66. The number of ether oxygens (including phenoxy) is 1. The van der Waals surface area contributed by atoms with Gasteiger partial charge in [-0.15, -0.1) is 11.3 Å². The molecular weight excluding hydrogens is 316 g/mol. The van der Waals surface area contributed by atoms with Crippen LogP contribution in [-0.2, 0) is 4.74 Å². The maximum atomic E-state index is 12.5. The molecule has 23 heavy (non-hydrogen) atoms. The van der Waals surface area contributed by atoms with E-state index < -0.39 is 0 Å². The highest BCUT2D eigenvalue weighted by atomic mass is 32.1. The van der Waals surface area contributed by atoms with Gasteiger partial charge in [0.2, 0.25) is 5.89 Å². The van der Waals surface area contributed by atoms with E-state index in [1.165, 1.54) is 0 Å². The molecule has 8 heteroatoms. The molecule has 1 fully saturated rings. The van der Waals surface area contributed by atoms with Crippen molar-refractivity contribution < 1.29 is 14.1 Å². The minimum Gasteiger partial charge on any atom is -0.369 e. The fraction of sp³-hybridized carbons (Fsp3) is 0.533. The van der Waals surface area contributed by atoms with Crippen LogP contribution in [0.2, 0.25) is 0 Å². The molecule has 1 saturated heterocycles. The fourth-order valence-electron chi connectivity index (χ4n) is 2.53. The first-order valence-electron chi connectivity index (χ1n) is 7.68. The van der Waals surface area contributed by atoms with Gasteiger partial charge in [0.1, 0.15) is 6.10 Å². The van der Waals surface area contributed by atoms with Gasteiger partial charge in [0.05, 0.1) is 19.2 Å². The molecule has 0 radical (unpaired) electrons. The van der Waals surface area contributed by atoms with Crippen molar-refractivity contribution in [1.82, 2.24) is 20.4 Å². The van der Waals surface area contributed by atoms with E-state index in [-0.39, 0.29) is 18.2 Å². The zero-order valence-electron chi connectivity index (χ0n) is 13.2. The van der Waals surface area contributed by atoms with Crippen LogP contribution in [0.1, 0.15) is 42.1 Å². The Kier molecular flexibility index (Phi) is 4.92. The Labute approximate surface area is 138 Å². The first-order chi connectivity index (χ1) is 11.2. The molecule has 2 amide bonds. The van der Waals surface area contributed by atoms with Crippen LogP contribution in [0.25, 0.3) is 0 Å². The number of urea groups is 1. The van der Waals surface area contributed by atoms with Gasteiger partial charge in [0.15, 0.2) is 5.82 Å². The van der Waals surface area contributed by atoms with Crippen molar-refractivity contribution in [3.63, 3.8) is 0 Å². The summed E-state index contributed by atoms with van der Waals surface area (Å²) in [5.41, 5.74) is 0. The number of hydrogen-bond donors (Lipinski definition) is 1. The van der Waals surface area contributed by atoms with Gasteiger partial charge in [0.25, 0.3) is 0 Å². The summed E-state index contributed by atoms with van der Waals surface area (Å²) in [5.74, 6) is 1.01. The zero-order valence-corrected chi connectivity index (χ0v) is 14.0. The van der Waals surface area contributed by atoms with Crippen LogP contribution in [0.5, 0.6) is 0 Å². The van der Waals surface area contributed by atoms with Crippen LogP contribution in [0.15, 0.2) is 22.0 Å². The molecule has 0 unspecified atom stereocenters. The SMILES string of the molecule is CC[C@@H](NC(=O)N1CCO[C@@H](c2cccs2)C1)c1noc(C)n1. The second kappa shape index (κ2) is 7.10. The van der Waals surface area contributed by atoms with Crippen molar-refractivity contribution in [2.24, 2.45) is 0 Å². The first-order valence-corrected chi connectivity index (χ1v) is 8.56. The predicted molar refractivity (Wildman–Crippen MR) is 85.2 cm³/mol. The minimum atomic E-state index is -0.247. The monoisotopic (exact) mass is 336 g/mol. The summed E-state index contributed by atoms with van der Waals surface area (Å²) in [7, 11) is 0. The quantitative estimate of drug-likeness (QED) is 0.928. The summed E-state index contributed by atoms with van der Waals surface area (Å²) in [4.78, 5) is 19.7. The molecule has 0 saturated carbocycles. The lowest BCUT2D eigenvalue weighted by Crippen LogP contribution is -2.48. The second-order valence-corrected chi connectivity index (χ2v) is 6.38. The number of hydrogen-bond acceptors (Lipinski definition) is 6. The standard InChI is InChI=1S/C15H20N4O3S/c1-3-11(14-16-10(2)22-18-14)17-15(20)19-6-7-21-12(9-19)13-5-4-8-23-13/h4-5,8,11-12H,3,6-7,9H2,1-2H3,(H,17,20)/t11-,12-/m1/s1. The third-order valence-corrected chi connectivity index (χ3v) is 4.74. The van der Waals surface area contributed by atoms with E-state index in [0.29, 0.717) is 37.8 Å². The van der Waals surface area contributed by atoms with Crippen LogP contribution in [0, 0.1) is 6.92 Å². The molecule has 3 rings (SSSR count). The molecule has 124 valence electrons. The Bertz CT molecular complexity index is 643. The molecule has 1 aliphatic rings. The third kappa shape index (κ3) is 3.70. The smallest absolute Gasteiger partial charge is 0.318 e. The molecular formula is C15H20N4O3S. The van der Waals surface area contributed by atoms with E-state index in [1.807, 2.05) is 24.4 Å². The Morgan fingerprint density at radius 1 is 1.61 bits per heavy atom. The molecule has 1 aliphatic heterocycles. The first kappa shape index (κ1) is 15.9. The lowest BCUT2D eigenvalue weighted by Gasteiger charge is -2.33. The van der Waals surface area contributed by atoms with E-state index in [0.717, 1.165) is 4.88 Å². The van der Waals surface area contributed by atoms with Gasteiger partial charge in [-0.25, -0.2) is 4.79 Å². The van der Waals surface area contributed by atoms with Gasteiger partial charge in [-0.05, 0) is 17.9 Å². The number of morpholine rings is 1. The number of amides is 2. The number of carbonyl (C=O) groups is 1. The normalized spacial score (nSPS) is 19.6. The zero-order chi connectivity index (χ0) is 16.2. The molecule has 3 heterocycles. The molecule has 0 bridgehead atoms. The lowest BCUT2D eigenvalue weighted by molar-refractivity contribution is -0.0139. The molecule has 7 nitrogen and oxygen atoms in total. The van der Waals surface area contributed by atoms with Crippen molar-refractivity contribution in [3.05, 3.63) is 34.1 Å².